The van der Waals surface area contributed by atoms with E-state index in [0.717, 1.165) is 43.4 Å². The van der Waals surface area contributed by atoms with Crippen LogP contribution in [0.3, 0.4) is 0 Å². The molecule has 33 heavy (non-hydrogen) atoms. The molecule has 0 bridgehead atoms. The van der Waals surface area contributed by atoms with Crippen LogP contribution in [-0.4, -0.2) is 67.4 Å². The summed E-state index contributed by atoms with van der Waals surface area (Å²) >= 11 is 0. The predicted molar refractivity (Wildman–Crippen MR) is 112 cm³/mol. The molecule has 3 aliphatic heterocycles. The van der Waals surface area contributed by atoms with Gasteiger partial charge >= 0.3 is 11.5 Å². The molecule has 2 spiro atoms. The Hall–Kier alpha value is -2.30. The second kappa shape index (κ2) is 7.35. The molecule has 1 aromatic rings. The van der Waals surface area contributed by atoms with Crippen molar-refractivity contribution in [2.75, 3.05) is 26.2 Å². The number of rotatable bonds is 3. The lowest BCUT2D eigenvalue weighted by molar-refractivity contribution is -0.120. The van der Waals surface area contributed by atoms with Crippen LogP contribution in [0.15, 0.2) is 29.2 Å². The highest BCUT2D eigenvalue weighted by molar-refractivity contribution is 7.92. The number of nitrogens with one attached hydrogen (secondary N) is 1. The third-order valence-electron chi connectivity index (χ3n) is 7.68. The first-order valence-electron chi connectivity index (χ1n) is 11.2. The molecule has 4 fully saturated rings. The van der Waals surface area contributed by atoms with Gasteiger partial charge in [-0.05, 0) is 55.7 Å². The molecule has 4 aliphatic rings. The number of hydrogen-bond donors (Lipinski definition) is 1. The number of carbonyl (C=O) groups excluding carboxylic acids is 2. The van der Waals surface area contributed by atoms with Crippen molar-refractivity contribution in [3.63, 3.8) is 0 Å². The van der Waals surface area contributed by atoms with Crippen molar-refractivity contribution in [1.82, 2.24) is 15.1 Å². The summed E-state index contributed by atoms with van der Waals surface area (Å²) < 4.78 is 61.1. The first-order valence-corrected chi connectivity index (χ1v) is 12.6. The number of alkyl halides is 3. The molecule has 1 aromatic carbocycles. The fourth-order valence-electron chi connectivity index (χ4n) is 5.99. The zero-order valence-electron chi connectivity index (χ0n) is 18.0. The van der Waals surface area contributed by atoms with Gasteiger partial charge in [0.05, 0.1) is 10.4 Å². The summed E-state index contributed by atoms with van der Waals surface area (Å²) in [6.07, 6.45) is 4.91. The number of likely N-dealkylation sites (tertiary alicyclic amines) is 2. The van der Waals surface area contributed by atoms with Gasteiger partial charge in [-0.15, -0.1) is 0 Å². The fourth-order valence-corrected chi connectivity index (χ4v) is 6.75. The quantitative estimate of drug-likeness (QED) is 0.713. The van der Waals surface area contributed by atoms with Crippen LogP contribution >= 0.6 is 0 Å². The summed E-state index contributed by atoms with van der Waals surface area (Å²) in [5.74, 6) is 0.409. The van der Waals surface area contributed by atoms with Crippen molar-refractivity contribution in [1.29, 1.82) is 0 Å². The van der Waals surface area contributed by atoms with Gasteiger partial charge < -0.3 is 15.1 Å². The number of nitrogens with zero attached hydrogens (tertiary/aromatic N) is 2. The minimum Gasteiger partial charge on any atom is -0.347 e. The molecule has 1 aliphatic carbocycles. The number of hydrogen-bond acceptors (Lipinski definition) is 4. The van der Waals surface area contributed by atoms with E-state index in [9.17, 15) is 31.2 Å². The predicted octanol–water partition coefficient (Wildman–Crippen LogP) is 2.71. The van der Waals surface area contributed by atoms with Crippen molar-refractivity contribution < 1.29 is 31.2 Å². The fraction of sp³-hybridized carbons (Fsp3) is 0.636. The van der Waals surface area contributed by atoms with Crippen LogP contribution in [0.25, 0.3) is 0 Å². The second-order valence-electron chi connectivity index (χ2n) is 10.2. The van der Waals surface area contributed by atoms with Gasteiger partial charge in [0.2, 0.25) is 5.91 Å². The van der Waals surface area contributed by atoms with E-state index in [0.29, 0.717) is 44.9 Å². The Balaban J connectivity index is 1.11. The summed E-state index contributed by atoms with van der Waals surface area (Å²) in [5, 5.41) is 2.98. The molecule has 1 N–H and O–H groups in total. The van der Waals surface area contributed by atoms with Crippen molar-refractivity contribution >= 4 is 21.8 Å². The van der Waals surface area contributed by atoms with Crippen LogP contribution in [0.4, 0.5) is 18.0 Å². The lowest BCUT2D eigenvalue weighted by atomic mass is 9.77. The second-order valence-corrected chi connectivity index (χ2v) is 12.2. The van der Waals surface area contributed by atoms with Gasteiger partial charge in [0.25, 0.3) is 9.84 Å². The number of sulfone groups is 1. The van der Waals surface area contributed by atoms with Crippen LogP contribution in [0.2, 0.25) is 0 Å². The maximum absolute atomic E-state index is 12.7. The highest BCUT2D eigenvalue weighted by Crippen LogP contribution is 2.49. The SMILES string of the molecule is O=C1CCC2(CN(C(=O)N3CC4(CC[C@@H](Cc5ccc(S(=O)(=O)C(F)(F)F)cc5)C4)C3)C2)N1. The van der Waals surface area contributed by atoms with E-state index in [1.807, 2.05) is 4.90 Å². The van der Waals surface area contributed by atoms with Crippen molar-refractivity contribution in [3.8, 4) is 0 Å². The van der Waals surface area contributed by atoms with Crippen molar-refractivity contribution in [2.45, 2.75) is 54.5 Å². The van der Waals surface area contributed by atoms with Gasteiger partial charge in [0.15, 0.2) is 0 Å². The lowest BCUT2D eigenvalue weighted by Gasteiger charge is -2.54. The Bertz CT molecular complexity index is 1080. The molecule has 0 aromatic heterocycles. The average Bonchev–Trinajstić information content (AvgIpc) is 3.29. The molecule has 7 nitrogen and oxygen atoms in total. The largest absolute Gasteiger partial charge is 0.501 e. The van der Waals surface area contributed by atoms with Gasteiger partial charge in [0, 0.05) is 38.0 Å². The number of benzene rings is 1. The molecule has 180 valence electrons. The maximum atomic E-state index is 12.7. The number of amides is 3. The minimum atomic E-state index is -5.32. The molecule has 0 unspecified atom stereocenters. The van der Waals surface area contributed by atoms with E-state index < -0.39 is 20.2 Å². The van der Waals surface area contributed by atoms with Gasteiger partial charge in [-0.1, -0.05) is 12.1 Å². The average molecular weight is 486 g/mol. The topological polar surface area (TPSA) is 86.8 Å². The third-order valence-corrected chi connectivity index (χ3v) is 9.19. The molecule has 5 rings (SSSR count). The van der Waals surface area contributed by atoms with Gasteiger partial charge in [-0.3, -0.25) is 4.79 Å². The summed E-state index contributed by atoms with van der Waals surface area (Å²) in [5.41, 5.74) is -4.61. The molecular formula is C22H26F3N3O4S. The molecular weight excluding hydrogens is 459 g/mol. The van der Waals surface area contributed by atoms with E-state index >= 15 is 0 Å². The Kier molecular flexibility index (Phi) is 5.01. The van der Waals surface area contributed by atoms with Crippen LogP contribution in [0.5, 0.6) is 0 Å². The number of urea groups is 1. The van der Waals surface area contributed by atoms with Gasteiger partial charge in [0.1, 0.15) is 0 Å². The molecule has 3 heterocycles. The zero-order valence-corrected chi connectivity index (χ0v) is 18.8. The molecule has 1 atom stereocenters. The van der Waals surface area contributed by atoms with Crippen LogP contribution in [0.1, 0.15) is 37.7 Å². The van der Waals surface area contributed by atoms with Gasteiger partial charge in [-0.25, -0.2) is 13.2 Å². The molecule has 3 saturated heterocycles. The molecule has 11 heteroatoms. The summed E-state index contributed by atoms with van der Waals surface area (Å²) in [6, 6.07) is 5.00. The zero-order chi connectivity index (χ0) is 23.6. The maximum Gasteiger partial charge on any atom is 0.501 e. The molecule has 3 amide bonds. The smallest absolute Gasteiger partial charge is 0.347 e. The highest BCUT2D eigenvalue weighted by Gasteiger charge is 2.54. The van der Waals surface area contributed by atoms with E-state index in [4.69, 9.17) is 0 Å². The Morgan fingerprint density at radius 3 is 2.27 bits per heavy atom. The van der Waals surface area contributed by atoms with Crippen LogP contribution in [0, 0.1) is 11.3 Å². The van der Waals surface area contributed by atoms with Crippen LogP contribution in [-0.2, 0) is 21.1 Å². The Labute approximate surface area is 190 Å². The number of halogens is 3. The minimum absolute atomic E-state index is 0.0253. The number of carbonyl (C=O) groups is 2. The molecule has 0 radical (unpaired) electrons. The lowest BCUT2D eigenvalue weighted by Crippen LogP contribution is -2.72. The summed E-state index contributed by atoms with van der Waals surface area (Å²) in [6.45, 7) is 2.56. The van der Waals surface area contributed by atoms with E-state index in [1.165, 1.54) is 12.1 Å². The normalized spacial score (nSPS) is 25.8. The van der Waals surface area contributed by atoms with E-state index in [-0.39, 0.29) is 22.9 Å². The van der Waals surface area contributed by atoms with Gasteiger partial charge in [-0.2, -0.15) is 13.2 Å². The standard InChI is InChI=1S/C22H26F3N3O4S/c23-22(24,25)33(31,32)17-3-1-15(2-4-17)9-16-5-7-20(10-16)11-27(12-20)19(30)28-13-21(14-28)8-6-18(29)26-21/h1-4,16H,5-14H2,(H,26,29)/t16-/m0/s1. The first-order chi connectivity index (χ1) is 15.4. The Morgan fingerprint density at radius 2 is 1.70 bits per heavy atom. The highest BCUT2D eigenvalue weighted by atomic mass is 32.2. The summed E-state index contributed by atoms with van der Waals surface area (Å²) in [7, 11) is -5.32. The van der Waals surface area contributed by atoms with E-state index in [2.05, 4.69) is 5.32 Å². The monoisotopic (exact) mass is 485 g/mol. The van der Waals surface area contributed by atoms with Crippen molar-refractivity contribution in [2.24, 2.45) is 11.3 Å². The summed E-state index contributed by atoms with van der Waals surface area (Å²) in [4.78, 5) is 27.1. The third kappa shape index (κ3) is 3.87. The van der Waals surface area contributed by atoms with E-state index in [1.54, 1.807) is 4.90 Å². The molecule has 1 saturated carbocycles. The Morgan fingerprint density at radius 1 is 1.06 bits per heavy atom. The van der Waals surface area contributed by atoms with Crippen LogP contribution < -0.4 is 5.32 Å². The first kappa shape index (κ1) is 22.5. The van der Waals surface area contributed by atoms with Crippen molar-refractivity contribution in [3.05, 3.63) is 29.8 Å².